The number of hydrogen-bond donors (Lipinski definition) is 0. The molecule has 132 valence electrons. The zero-order valence-corrected chi connectivity index (χ0v) is 14.3. The van der Waals surface area contributed by atoms with Crippen molar-refractivity contribution in [1.82, 2.24) is 9.80 Å². The van der Waals surface area contributed by atoms with Gasteiger partial charge in [-0.3, -0.25) is 14.5 Å². The normalized spacial score (nSPS) is 16.0. The van der Waals surface area contributed by atoms with Gasteiger partial charge in [-0.05, 0) is 50.6 Å². The fraction of sp³-hybridized carbons (Fsp3) is 0.556. The first-order valence-corrected chi connectivity index (χ1v) is 8.37. The molecule has 1 aliphatic rings. The molecular formula is C18H25FN2O3. The van der Waals surface area contributed by atoms with Crippen LogP contribution >= 0.6 is 0 Å². The van der Waals surface area contributed by atoms with E-state index in [4.69, 9.17) is 4.74 Å². The zero-order chi connectivity index (χ0) is 17.5. The first-order valence-electron chi connectivity index (χ1n) is 8.37. The number of nitrogens with zero attached hydrogens (tertiary/aromatic N) is 2. The Morgan fingerprint density at radius 2 is 1.88 bits per heavy atom. The van der Waals surface area contributed by atoms with E-state index in [0.717, 1.165) is 31.5 Å². The highest BCUT2D eigenvalue weighted by atomic mass is 19.1. The summed E-state index contributed by atoms with van der Waals surface area (Å²) in [7, 11) is 1.75. The number of halogens is 1. The van der Waals surface area contributed by atoms with Crippen molar-refractivity contribution in [3.8, 4) is 0 Å². The highest BCUT2D eigenvalue weighted by Gasteiger charge is 2.27. The van der Waals surface area contributed by atoms with Crippen LogP contribution in [0.25, 0.3) is 0 Å². The maximum absolute atomic E-state index is 12.9. The van der Waals surface area contributed by atoms with Crippen LogP contribution in [0.4, 0.5) is 4.39 Å². The van der Waals surface area contributed by atoms with E-state index in [9.17, 15) is 14.0 Å². The quantitative estimate of drug-likeness (QED) is 0.746. The summed E-state index contributed by atoms with van der Waals surface area (Å²) in [5.41, 5.74) is 0.897. The summed E-state index contributed by atoms with van der Waals surface area (Å²) in [4.78, 5) is 27.8. The van der Waals surface area contributed by atoms with Crippen LogP contribution in [0.2, 0.25) is 0 Å². The predicted molar refractivity (Wildman–Crippen MR) is 88.7 cm³/mol. The van der Waals surface area contributed by atoms with Gasteiger partial charge in [0.15, 0.2) is 0 Å². The van der Waals surface area contributed by atoms with Crippen LogP contribution < -0.4 is 0 Å². The van der Waals surface area contributed by atoms with Gasteiger partial charge in [0.2, 0.25) is 5.91 Å². The summed E-state index contributed by atoms with van der Waals surface area (Å²) in [6, 6.07) is 6.16. The number of carbonyl (C=O) groups is 2. The lowest BCUT2D eigenvalue weighted by molar-refractivity contribution is -0.149. The van der Waals surface area contributed by atoms with Crippen LogP contribution in [0.15, 0.2) is 24.3 Å². The van der Waals surface area contributed by atoms with E-state index in [0.29, 0.717) is 19.7 Å². The highest BCUT2D eigenvalue weighted by molar-refractivity contribution is 5.78. The average Bonchev–Trinajstić information content (AvgIpc) is 2.57. The summed E-state index contributed by atoms with van der Waals surface area (Å²) in [5, 5.41) is 0. The smallest absolute Gasteiger partial charge is 0.309 e. The Morgan fingerprint density at radius 3 is 2.46 bits per heavy atom. The lowest BCUT2D eigenvalue weighted by atomic mass is 9.97. The molecule has 0 saturated carbocycles. The molecule has 0 atom stereocenters. The van der Waals surface area contributed by atoms with Crippen LogP contribution in [-0.4, -0.2) is 55.0 Å². The van der Waals surface area contributed by atoms with Crippen molar-refractivity contribution in [2.75, 3.05) is 33.3 Å². The van der Waals surface area contributed by atoms with E-state index < -0.39 is 0 Å². The molecule has 1 heterocycles. The predicted octanol–water partition coefficient (Wildman–Crippen LogP) is 2.06. The van der Waals surface area contributed by atoms with Gasteiger partial charge in [-0.25, -0.2) is 4.39 Å². The minimum atomic E-state index is -0.280. The van der Waals surface area contributed by atoms with E-state index in [2.05, 4.69) is 4.90 Å². The Hall–Kier alpha value is -1.95. The van der Waals surface area contributed by atoms with Gasteiger partial charge < -0.3 is 9.64 Å². The third-order valence-electron chi connectivity index (χ3n) is 4.33. The molecule has 1 amide bonds. The maximum Gasteiger partial charge on any atom is 0.309 e. The van der Waals surface area contributed by atoms with Gasteiger partial charge in [-0.15, -0.1) is 0 Å². The number of rotatable bonds is 6. The second-order valence-corrected chi connectivity index (χ2v) is 6.18. The first-order chi connectivity index (χ1) is 11.5. The fourth-order valence-corrected chi connectivity index (χ4v) is 2.85. The average molecular weight is 336 g/mol. The topological polar surface area (TPSA) is 49.9 Å². The standard InChI is InChI=1S/C18H25FN2O3/c1-3-24-18(23)15-8-10-21(11-9-15)13-17(22)20(2)12-14-4-6-16(19)7-5-14/h4-7,15H,3,8-13H2,1-2H3. The molecule has 0 aromatic heterocycles. The van der Waals surface area contributed by atoms with Gasteiger partial charge in [-0.1, -0.05) is 12.1 Å². The number of benzene rings is 1. The van der Waals surface area contributed by atoms with Gasteiger partial charge >= 0.3 is 5.97 Å². The Morgan fingerprint density at radius 1 is 1.25 bits per heavy atom. The largest absolute Gasteiger partial charge is 0.466 e. The number of likely N-dealkylation sites (tertiary alicyclic amines) is 1. The van der Waals surface area contributed by atoms with E-state index in [-0.39, 0.29) is 23.6 Å². The van der Waals surface area contributed by atoms with Gasteiger partial charge in [-0.2, -0.15) is 0 Å². The van der Waals surface area contributed by atoms with Crippen molar-refractivity contribution in [2.45, 2.75) is 26.3 Å². The molecule has 5 nitrogen and oxygen atoms in total. The second kappa shape index (κ2) is 8.78. The van der Waals surface area contributed by atoms with E-state index >= 15 is 0 Å². The van der Waals surface area contributed by atoms with Gasteiger partial charge in [0.1, 0.15) is 5.82 Å². The van der Waals surface area contributed by atoms with Gasteiger partial charge in [0, 0.05) is 13.6 Å². The van der Waals surface area contributed by atoms with Crippen molar-refractivity contribution >= 4 is 11.9 Å². The van der Waals surface area contributed by atoms with Crippen molar-refractivity contribution < 1.29 is 18.7 Å². The van der Waals surface area contributed by atoms with Gasteiger partial charge in [0.25, 0.3) is 0 Å². The Kier molecular flexibility index (Phi) is 6.73. The molecule has 2 rings (SSSR count). The second-order valence-electron chi connectivity index (χ2n) is 6.18. The van der Waals surface area contributed by atoms with Crippen LogP contribution in [0.1, 0.15) is 25.3 Å². The minimum absolute atomic E-state index is 0.0221. The van der Waals surface area contributed by atoms with Crippen molar-refractivity contribution in [2.24, 2.45) is 5.92 Å². The SMILES string of the molecule is CCOC(=O)C1CCN(CC(=O)N(C)Cc2ccc(F)cc2)CC1. The molecule has 1 aliphatic heterocycles. The number of amides is 1. The molecule has 0 radical (unpaired) electrons. The molecule has 0 spiro atoms. The maximum atomic E-state index is 12.9. The number of esters is 1. The first kappa shape index (κ1) is 18.4. The zero-order valence-electron chi connectivity index (χ0n) is 14.3. The molecule has 1 aromatic carbocycles. The fourth-order valence-electron chi connectivity index (χ4n) is 2.85. The van der Waals surface area contributed by atoms with Crippen LogP contribution in [0.3, 0.4) is 0 Å². The molecule has 6 heteroatoms. The Labute approximate surface area is 142 Å². The molecule has 0 aliphatic carbocycles. The van der Waals surface area contributed by atoms with Crippen LogP contribution in [0.5, 0.6) is 0 Å². The van der Waals surface area contributed by atoms with Crippen LogP contribution in [0, 0.1) is 11.7 Å². The Balaban J connectivity index is 1.76. The Bertz CT molecular complexity index is 554. The molecule has 0 N–H and O–H groups in total. The van der Waals surface area contributed by atoms with Gasteiger partial charge in [0.05, 0.1) is 19.1 Å². The third-order valence-corrected chi connectivity index (χ3v) is 4.33. The number of piperidine rings is 1. The van der Waals surface area contributed by atoms with E-state index in [1.54, 1.807) is 24.1 Å². The molecule has 24 heavy (non-hydrogen) atoms. The molecule has 1 saturated heterocycles. The summed E-state index contributed by atoms with van der Waals surface area (Å²) in [6.45, 7) is 4.46. The number of carbonyl (C=O) groups excluding carboxylic acids is 2. The monoisotopic (exact) mass is 336 g/mol. The minimum Gasteiger partial charge on any atom is -0.466 e. The number of likely N-dealkylation sites (N-methyl/N-ethyl adjacent to an activating group) is 1. The van der Waals surface area contributed by atoms with Crippen molar-refractivity contribution in [1.29, 1.82) is 0 Å². The molecule has 1 fully saturated rings. The molecule has 0 bridgehead atoms. The van der Waals surface area contributed by atoms with Crippen molar-refractivity contribution in [3.63, 3.8) is 0 Å². The number of hydrogen-bond acceptors (Lipinski definition) is 4. The van der Waals surface area contributed by atoms with E-state index in [1.165, 1.54) is 12.1 Å². The lowest BCUT2D eigenvalue weighted by Gasteiger charge is -2.31. The van der Waals surface area contributed by atoms with Crippen molar-refractivity contribution in [3.05, 3.63) is 35.6 Å². The summed E-state index contributed by atoms with van der Waals surface area (Å²) >= 11 is 0. The molecular weight excluding hydrogens is 311 g/mol. The third kappa shape index (κ3) is 5.30. The van der Waals surface area contributed by atoms with Crippen LogP contribution in [-0.2, 0) is 20.9 Å². The summed E-state index contributed by atoms with van der Waals surface area (Å²) in [5.74, 6) is -0.434. The lowest BCUT2D eigenvalue weighted by Crippen LogP contribution is -2.43. The number of ether oxygens (including phenoxy) is 1. The highest BCUT2D eigenvalue weighted by Crippen LogP contribution is 2.18. The summed E-state index contributed by atoms with van der Waals surface area (Å²) < 4.78 is 18.0. The molecule has 0 unspecified atom stereocenters. The summed E-state index contributed by atoms with van der Waals surface area (Å²) in [6.07, 6.45) is 1.46. The molecule has 1 aromatic rings. The van der Waals surface area contributed by atoms with E-state index in [1.807, 2.05) is 6.92 Å².